The van der Waals surface area contributed by atoms with Crippen LogP contribution >= 0.6 is 0 Å². The van der Waals surface area contributed by atoms with Crippen LogP contribution in [0.3, 0.4) is 0 Å². The van der Waals surface area contributed by atoms with E-state index in [4.69, 9.17) is 0 Å². The summed E-state index contributed by atoms with van der Waals surface area (Å²) in [5, 5.41) is 0. The Morgan fingerprint density at radius 3 is 2.37 bits per heavy atom. The monoisotopic (exact) mass is 402 g/mol. The Kier molecular flexibility index (Phi) is 6.02. The molecule has 0 aliphatic carbocycles. The number of benzene rings is 2. The summed E-state index contributed by atoms with van der Waals surface area (Å²) < 4.78 is 0. The summed E-state index contributed by atoms with van der Waals surface area (Å²) >= 11 is 0. The van der Waals surface area contributed by atoms with Crippen LogP contribution in [0.15, 0.2) is 60.8 Å². The van der Waals surface area contributed by atoms with Crippen LogP contribution in [0, 0.1) is 0 Å². The highest BCUT2D eigenvalue weighted by atomic mass is 16.2. The van der Waals surface area contributed by atoms with E-state index in [1.165, 1.54) is 0 Å². The summed E-state index contributed by atoms with van der Waals surface area (Å²) in [6.07, 6.45) is 3.98. The number of nitrogens with zero attached hydrogens (tertiary/aromatic N) is 4. The molecule has 30 heavy (non-hydrogen) atoms. The zero-order chi connectivity index (χ0) is 20.9. The summed E-state index contributed by atoms with van der Waals surface area (Å²) in [7, 11) is 0. The number of likely N-dealkylation sites (tertiary alicyclic amines) is 1. The van der Waals surface area contributed by atoms with Gasteiger partial charge in [0.1, 0.15) is 5.69 Å². The van der Waals surface area contributed by atoms with E-state index >= 15 is 0 Å². The molecule has 1 aromatic heterocycles. The second-order valence-corrected chi connectivity index (χ2v) is 7.63. The highest BCUT2D eigenvalue weighted by Crippen LogP contribution is 2.21. The molecule has 2 heterocycles. The van der Waals surface area contributed by atoms with E-state index in [2.05, 4.69) is 16.9 Å². The number of rotatable bonds is 5. The Hall–Kier alpha value is -3.28. The van der Waals surface area contributed by atoms with E-state index in [0.29, 0.717) is 30.9 Å². The van der Waals surface area contributed by atoms with Crippen molar-refractivity contribution in [3.63, 3.8) is 0 Å². The summed E-state index contributed by atoms with van der Waals surface area (Å²) in [4.78, 5) is 38.7. The molecule has 2 amide bonds. The lowest BCUT2D eigenvalue weighted by molar-refractivity contribution is 0.0515. The number of carbonyl (C=O) groups is 2. The van der Waals surface area contributed by atoms with E-state index in [-0.39, 0.29) is 17.9 Å². The maximum Gasteiger partial charge on any atom is 0.274 e. The van der Waals surface area contributed by atoms with Crippen molar-refractivity contribution in [1.29, 1.82) is 0 Å². The van der Waals surface area contributed by atoms with Gasteiger partial charge in [0.05, 0.1) is 17.2 Å². The van der Waals surface area contributed by atoms with Gasteiger partial charge in [-0.05, 0) is 43.5 Å². The van der Waals surface area contributed by atoms with E-state index in [0.717, 1.165) is 30.3 Å². The van der Waals surface area contributed by atoms with Crippen molar-refractivity contribution in [2.45, 2.75) is 32.2 Å². The van der Waals surface area contributed by atoms with Crippen LogP contribution in [0.5, 0.6) is 0 Å². The molecule has 6 heteroatoms. The van der Waals surface area contributed by atoms with Crippen molar-refractivity contribution in [1.82, 2.24) is 19.8 Å². The van der Waals surface area contributed by atoms with Crippen LogP contribution in [0.4, 0.5) is 0 Å². The minimum atomic E-state index is -0.0806. The standard InChI is InChI=1S/C24H26N4O2/c1-2-14-28(24(30)22-17-25-20-10-6-7-11-21(20)26-22)19-12-15-27(16-13-19)23(29)18-8-4-3-5-9-18/h3-11,17,19H,2,12-16H2,1H3. The molecule has 3 aromatic rings. The quantitative estimate of drug-likeness (QED) is 0.651. The van der Waals surface area contributed by atoms with Crippen LogP contribution in [-0.4, -0.2) is 57.3 Å². The van der Waals surface area contributed by atoms with Crippen molar-refractivity contribution in [3.05, 3.63) is 72.1 Å². The van der Waals surface area contributed by atoms with Crippen molar-refractivity contribution >= 4 is 22.8 Å². The van der Waals surface area contributed by atoms with Gasteiger partial charge in [-0.1, -0.05) is 37.3 Å². The number of piperidine rings is 1. The number of fused-ring (bicyclic) bond motifs is 1. The predicted octanol–water partition coefficient (Wildman–Crippen LogP) is 3.79. The minimum Gasteiger partial charge on any atom is -0.338 e. The molecule has 0 bridgehead atoms. The lowest BCUT2D eigenvalue weighted by Gasteiger charge is -2.38. The van der Waals surface area contributed by atoms with Gasteiger partial charge in [0.2, 0.25) is 0 Å². The topological polar surface area (TPSA) is 66.4 Å². The Morgan fingerprint density at radius 1 is 1.00 bits per heavy atom. The van der Waals surface area contributed by atoms with Gasteiger partial charge in [-0.2, -0.15) is 0 Å². The predicted molar refractivity (Wildman–Crippen MR) is 116 cm³/mol. The number of amides is 2. The van der Waals surface area contributed by atoms with Crippen molar-refractivity contribution in [3.8, 4) is 0 Å². The summed E-state index contributed by atoms with van der Waals surface area (Å²) in [5.74, 6) is -0.0225. The first-order chi connectivity index (χ1) is 14.7. The summed E-state index contributed by atoms with van der Waals surface area (Å²) in [5.41, 5.74) is 2.60. The fraction of sp³-hybridized carbons (Fsp3) is 0.333. The van der Waals surface area contributed by atoms with Crippen LogP contribution in [0.1, 0.15) is 47.0 Å². The molecule has 2 aromatic carbocycles. The maximum absolute atomic E-state index is 13.3. The average Bonchev–Trinajstić information content (AvgIpc) is 2.82. The number of carbonyl (C=O) groups excluding carboxylic acids is 2. The number of hydrogen-bond donors (Lipinski definition) is 0. The first kappa shape index (κ1) is 20.0. The van der Waals surface area contributed by atoms with Gasteiger partial charge in [0.15, 0.2) is 0 Å². The van der Waals surface area contributed by atoms with E-state index in [9.17, 15) is 9.59 Å². The third kappa shape index (κ3) is 4.17. The third-order valence-corrected chi connectivity index (χ3v) is 5.61. The molecule has 1 fully saturated rings. The van der Waals surface area contributed by atoms with E-state index in [1.54, 1.807) is 6.20 Å². The van der Waals surface area contributed by atoms with Crippen molar-refractivity contribution in [2.75, 3.05) is 19.6 Å². The van der Waals surface area contributed by atoms with Crippen LogP contribution in [0.25, 0.3) is 11.0 Å². The summed E-state index contributed by atoms with van der Waals surface area (Å²) in [6.45, 7) is 4.04. The Labute approximate surface area is 176 Å². The molecule has 0 atom stereocenters. The molecule has 0 saturated carbocycles. The Bertz CT molecular complexity index is 1030. The SMILES string of the molecule is CCCN(C(=O)c1cnc2ccccc2n1)C1CCN(C(=O)c2ccccc2)CC1. The van der Waals surface area contributed by atoms with Crippen molar-refractivity contribution < 1.29 is 9.59 Å². The normalized spacial score (nSPS) is 14.6. The van der Waals surface area contributed by atoms with Gasteiger partial charge in [-0.3, -0.25) is 14.6 Å². The zero-order valence-electron chi connectivity index (χ0n) is 17.2. The van der Waals surface area contributed by atoms with E-state index in [1.807, 2.05) is 64.4 Å². The fourth-order valence-corrected chi connectivity index (χ4v) is 4.04. The molecule has 1 aliphatic heterocycles. The Morgan fingerprint density at radius 2 is 1.67 bits per heavy atom. The smallest absolute Gasteiger partial charge is 0.274 e. The fourth-order valence-electron chi connectivity index (χ4n) is 4.04. The highest BCUT2D eigenvalue weighted by molar-refractivity contribution is 5.95. The van der Waals surface area contributed by atoms with Gasteiger partial charge >= 0.3 is 0 Å². The first-order valence-corrected chi connectivity index (χ1v) is 10.5. The van der Waals surface area contributed by atoms with Gasteiger partial charge in [0.25, 0.3) is 11.8 Å². The molecule has 1 aliphatic rings. The van der Waals surface area contributed by atoms with Gasteiger partial charge in [-0.15, -0.1) is 0 Å². The van der Waals surface area contributed by atoms with E-state index < -0.39 is 0 Å². The Balaban J connectivity index is 1.46. The third-order valence-electron chi connectivity index (χ3n) is 5.61. The largest absolute Gasteiger partial charge is 0.338 e. The van der Waals surface area contributed by atoms with Gasteiger partial charge in [0, 0.05) is 31.2 Å². The molecule has 0 N–H and O–H groups in total. The lowest BCUT2D eigenvalue weighted by Crippen LogP contribution is -2.49. The molecule has 0 radical (unpaired) electrons. The average molecular weight is 402 g/mol. The minimum absolute atomic E-state index is 0.0582. The molecule has 0 spiro atoms. The molecular formula is C24H26N4O2. The van der Waals surface area contributed by atoms with Gasteiger partial charge in [-0.25, -0.2) is 4.98 Å². The number of para-hydroxylation sites is 2. The number of hydrogen-bond acceptors (Lipinski definition) is 4. The first-order valence-electron chi connectivity index (χ1n) is 10.5. The second-order valence-electron chi connectivity index (χ2n) is 7.63. The summed E-state index contributed by atoms with van der Waals surface area (Å²) in [6, 6.07) is 17.0. The molecular weight excluding hydrogens is 376 g/mol. The van der Waals surface area contributed by atoms with Crippen molar-refractivity contribution in [2.24, 2.45) is 0 Å². The number of aromatic nitrogens is 2. The zero-order valence-corrected chi connectivity index (χ0v) is 17.2. The van der Waals surface area contributed by atoms with Crippen LogP contribution < -0.4 is 0 Å². The second kappa shape index (κ2) is 9.03. The molecule has 6 nitrogen and oxygen atoms in total. The van der Waals surface area contributed by atoms with Crippen LogP contribution in [-0.2, 0) is 0 Å². The highest BCUT2D eigenvalue weighted by Gasteiger charge is 2.30. The van der Waals surface area contributed by atoms with Gasteiger partial charge < -0.3 is 9.80 Å². The molecule has 1 saturated heterocycles. The molecule has 4 rings (SSSR count). The maximum atomic E-state index is 13.3. The molecule has 154 valence electrons. The lowest BCUT2D eigenvalue weighted by atomic mass is 10.0. The molecule has 0 unspecified atom stereocenters. The van der Waals surface area contributed by atoms with Crippen LogP contribution in [0.2, 0.25) is 0 Å².